The van der Waals surface area contributed by atoms with Crippen molar-refractivity contribution in [1.82, 2.24) is 4.90 Å². The first kappa shape index (κ1) is 12.9. The summed E-state index contributed by atoms with van der Waals surface area (Å²) in [5.74, 6) is 0.386. The number of aliphatic hydroxyl groups is 1. The van der Waals surface area contributed by atoms with E-state index in [1.54, 1.807) is 12.1 Å². The predicted octanol–water partition coefficient (Wildman–Crippen LogP) is 2.63. The van der Waals surface area contributed by atoms with Crippen molar-refractivity contribution in [3.05, 3.63) is 21.3 Å². The molecule has 1 saturated heterocycles. The van der Waals surface area contributed by atoms with Gasteiger partial charge in [-0.15, -0.1) is 11.3 Å². The van der Waals surface area contributed by atoms with Gasteiger partial charge < -0.3 is 10.0 Å². The van der Waals surface area contributed by atoms with E-state index in [9.17, 15) is 9.90 Å². The van der Waals surface area contributed by atoms with Crippen molar-refractivity contribution in [2.45, 2.75) is 25.9 Å². The average Bonchev–Trinajstić information content (AvgIpc) is 2.75. The van der Waals surface area contributed by atoms with Crippen LogP contribution >= 0.6 is 22.9 Å². The predicted molar refractivity (Wildman–Crippen MR) is 69.6 cm³/mol. The fourth-order valence-electron chi connectivity index (χ4n) is 2.17. The van der Waals surface area contributed by atoms with Gasteiger partial charge in [0.05, 0.1) is 15.3 Å². The zero-order valence-electron chi connectivity index (χ0n) is 9.73. The summed E-state index contributed by atoms with van der Waals surface area (Å²) in [6.07, 6.45) is 1.48. The maximum Gasteiger partial charge on any atom is 0.263 e. The van der Waals surface area contributed by atoms with E-state index < -0.39 is 0 Å². The molecule has 1 fully saturated rings. The summed E-state index contributed by atoms with van der Waals surface area (Å²) < 4.78 is 0.646. The average molecular weight is 274 g/mol. The highest BCUT2D eigenvalue weighted by molar-refractivity contribution is 7.17. The van der Waals surface area contributed by atoms with Gasteiger partial charge in [0, 0.05) is 13.1 Å². The summed E-state index contributed by atoms with van der Waals surface area (Å²) in [7, 11) is 0. The van der Waals surface area contributed by atoms with Gasteiger partial charge in [0.1, 0.15) is 0 Å². The van der Waals surface area contributed by atoms with Crippen molar-refractivity contribution < 1.29 is 9.90 Å². The van der Waals surface area contributed by atoms with Gasteiger partial charge in [-0.25, -0.2) is 0 Å². The van der Waals surface area contributed by atoms with Gasteiger partial charge in [0.2, 0.25) is 0 Å². The second-order valence-electron chi connectivity index (χ2n) is 4.47. The lowest BCUT2D eigenvalue weighted by Gasteiger charge is -2.33. The number of hydrogen-bond acceptors (Lipinski definition) is 3. The Labute approximate surface area is 110 Å². The van der Waals surface area contributed by atoms with Crippen LogP contribution in [0.4, 0.5) is 0 Å². The SMILES string of the molecule is CC(O)C1CCN(C(=O)c2ccc(Cl)s2)CC1. The minimum absolute atomic E-state index is 0.0611. The highest BCUT2D eigenvalue weighted by atomic mass is 35.5. The molecule has 94 valence electrons. The van der Waals surface area contributed by atoms with Crippen LogP contribution in [0.5, 0.6) is 0 Å². The Morgan fingerprint density at radius 3 is 2.65 bits per heavy atom. The van der Waals surface area contributed by atoms with E-state index in [0.717, 1.165) is 25.9 Å². The second-order valence-corrected chi connectivity index (χ2v) is 6.19. The zero-order valence-corrected chi connectivity index (χ0v) is 11.3. The van der Waals surface area contributed by atoms with Crippen molar-refractivity contribution in [2.24, 2.45) is 5.92 Å². The van der Waals surface area contributed by atoms with Crippen LogP contribution < -0.4 is 0 Å². The smallest absolute Gasteiger partial charge is 0.263 e. The fourth-order valence-corrected chi connectivity index (χ4v) is 3.18. The Balaban J connectivity index is 1.95. The molecule has 0 aromatic carbocycles. The molecule has 0 saturated carbocycles. The maximum absolute atomic E-state index is 12.1. The molecule has 1 aromatic rings. The Bertz CT molecular complexity index is 397. The molecule has 0 bridgehead atoms. The van der Waals surface area contributed by atoms with E-state index in [2.05, 4.69) is 0 Å². The van der Waals surface area contributed by atoms with Crippen LogP contribution in [-0.4, -0.2) is 35.1 Å². The number of amides is 1. The van der Waals surface area contributed by atoms with Crippen molar-refractivity contribution in [3.8, 4) is 0 Å². The van der Waals surface area contributed by atoms with Gasteiger partial charge in [0.25, 0.3) is 5.91 Å². The molecular weight excluding hydrogens is 258 g/mol. The van der Waals surface area contributed by atoms with E-state index in [-0.39, 0.29) is 12.0 Å². The third-order valence-electron chi connectivity index (χ3n) is 3.29. The number of piperidine rings is 1. The molecule has 5 heteroatoms. The first-order valence-electron chi connectivity index (χ1n) is 5.80. The van der Waals surface area contributed by atoms with Crippen LogP contribution in [0.2, 0.25) is 4.34 Å². The molecular formula is C12H16ClNO2S. The Morgan fingerprint density at radius 1 is 1.53 bits per heavy atom. The number of nitrogens with zero attached hydrogens (tertiary/aromatic N) is 1. The molecule has 0 spiro atoms. The topological polar surface area (TPSA) is 40.5 Å². The molecule has 0 aliphatic carbocycles. The summed E-state index contributed by atoms with van der Waals surface area (Å²) >= 11 is 7.14. The van der Waals surface area contributed by atoms with Gasteiger partial charge in [-0.1, -0.05) is 11.6 Å². The van der Waals surface area contributed by atoms with Crippen LogP contribution in [0, 0.1) is 5.92 Å². The summed E-state index contributed by atoms with van der Waals surface area (Å²) in [5, 5.41) is 9.50. The monoisotopic (exact) mass is 273 g/mol. The summed E-state index contributed by atoms with van der Waals surface area (Å²) in [5.41, 5.74) is 0. The van der Waals surface area contributed by atoms with Gasteiger partial charge in [-0.3, -0.25) is 4.79 Å². The molecule has 1 amide bonds. The largest absolute Gasteiger partial charge is 0.393 e. The third-order valence-corrected chi connectivity index (χ3v) is 4.51. The van der Waals surface area contributed by atoms with Crippen molar-refractivity contribution in [3.63, 3.8) is 0 Å². The minimum Gasteiger partial charge on any atom is -0.393 e. The molecule has 1 N–H and O–H groups in total. The molecule has 1 unspecified atom stereocenters. The highest BCUT2D eigenvalue weighted by Crippen LogP contribution is 2.26. The van der Waals surface area contributed by atoms with E-state index in [0.29, 0.717) is 15.1 Å². The summed E-state index contributed by atoms with van der Waals surface area (Å²) in [4.78, 5) is 14.7. The Morgan fingerprint density at radius 2 is 2.18 bits per heavy atom. The number of likely N-dealkylation sites (tertiary alicyclic amines) is 1. The van der Waals surface area contributed by atoms with Gasteiger partial charge in [0.15, 0.2) is 0 Å². The number of hydrogen-bond donors (Lipinski definition) is 1. The number of halogens is 1. The van der Waals surface area contributed by atoms with E-state index >= 15 is 0 Å². The molecule has 1 aromatic heterocycles. The molecule has 2 rings (SSSR count). The molecule has 2 heterocycles. The maximum atomic E-state index is 12.1. The lowest BCUT2D eigenvalue weighted by atomic mass is 9.92. The Hall–Kier alpha value is -0.580. The van der Waals surface area contributed by atoms with Crippen LogP contribution in [0.25, 0.3) is 0 Å². The molecule has 1 aliphatic rings. The van der Waals surface area contributed by atoms with E-state index in [1.807, 2.05) is 11.8 Å². The second kappa shape index (κ2) is 5.38. The van der Waals surface area contributed by atoms with E-state index in [4.69, 9.17) is 11.6 Å². The number of aliphatic hydroxyl groups excluding tert-OH is 1. The summed E-state index contributed by atoms with van der Waals surface area (Å²) in [6, 6.07) is 3.53. The van der Waals surface area contributed by atoms with Crippen molar-refractivity contribution in [1.29, 1.82) is 0 Å². The normalized spacial score (nSPS) is 19.4. The first-order chi connectivity index (χ1) is 8.08. The summed E-state index contributed by atoms with van der Waals surface area (Å²) in [6.45, 7) is 3.27. The zero-order chi connectivity index (χ0) is 12.4. The molecule has 0 radical (unpaired) electrons. The van der Waals surface area contributed by atoms with Crippen LogP contribution in [0.15, 0.2) is 12.1 Å². The number of rotatable bonds is 2. The van der Waals surface area contributed by atoms with Crippen molar-refractivity contribution >= 4 is 28.8 Å². The number of carbonyl (C=O) groups excluding carboxylic acids is 1. The highest BCUT2D eigenvalue weighted by Gasteiger charge is 2.26. The molecule has 1 aliphatic heterocycles. The first-order valence-corrected chi connectivity index (χ1v) is 7.00. The molecule has 1 atom stereocenters. The van der Waals surface area contributed by atoms with Gasteiger partial charge >= 0.3 is 0 Å². The fraction of sp³-hybridized carbons (Fsp3) is 0.583. The van der Waals surface area contributed by atoms with E-state index in [1.165, 1.54) is 11.3 Å². The lowest BCUT2D eigenvalue weighted by molar-refractivity contribution is 0.0525. The third kappa shape index (κ3) is 3.00. The number of carbonyl (C=O) groups is 1. The van der Waals surface area contributed by atoms with Gasteiger partial charge in [-0.05, 0) is 37.8 Å². The quantitative estimate of drug-likeness (QED) is 0.900. The number of thiophene rings is 1. The van der Waals surface area contributed by atoms with Crippen LogP contribution in [0.3, 0.4) is 0 Å². The Kier molecular flexibility index (Phi) is 4.07. The van der Waals surface area contributed by atoms with Gasteiger partial charge in [-0.2, -0.15) is 0 Å². The lowest BCUT2D eigenvalue weighted by Crippen LogP contribution is -2.40. The van der Waals surface area contributed by atoms with Crippen LogP contribution in [0.1, 0.15) is 29.4 Å². The standard InChI is InChI=1S/C12H16ClNO2S/c1-8(15)9-4-6-14(7-5-9)12(16)10-2-3-11(13)17-10/h2-3,8-9,15H,4-7H2,1H3. The van der Waals surface area contributed by atoms with Crippen molar-refractivity contribution in [2.75, 3.05) is 13.1 Å². The molecule has 17 heavy (non-hydrogen) atoms. The molecule has 3 nitrogen and oxygen atoms in total. The minimum atomic E-state index is -0.275. The van der Waals surface area contributed by atoms with Crippen LogP contribution in [-0.2, 0) is 0 Å².